The predicted molar refractivity (Wildman–Crippen MR) is 63.8 cm³/mol. The molecule has 1 fully saturated rings. The van der Waals surface area contributed by atoms with E-state index in [1.807, 2.05) is 0 Å². The second-order valence-electron chi connectivity index (χ2n) is 5.00. The van der Waals surface area contributed by atoms with Crippen LogP contribution in [0.4, 0.5) is 5.82 Å². The fourth-order valence-electron chi connectivity index (χ4n) is 2.40. The molecule has 0 bridgehead atoms. The van der Waals surface area contributed by atoms with Crippen LogP contribution < -0.4 is 10.2 Å². The number of nitrogens with one attached hydrogen (secondary N) is 2. The summed E-state index contributed by atoms with van der Waals surface area (Å²) in [6.07, 6.45) is 2.50. The number of rotatable bonds is 3. The summed E-state index contributed by atoms with van der Waals surface area (Å²) in [5.74, 6) is 1.96. The molecule has 1 unspecified atom stereocenters. The summed E-state index contributed by atoms with van der Waals surface area (Å²) in [5, 5.41) is 6.51. The first kappa shape index (κ1) is 12.1. The molecular formula is C12H20N3O2+. The van der Waals surface area contributed by atoms with Gasteiger partial charge in [-0.25, -0.2) is 0 Å². The molecular weight excluding hydrogens is 218 g/mol. The van der Waals surface area contributed by atoms with Gasteiger partial charge in [0.25, 0.3) is 5.91 Å². The minimum Gasteiger partial charge on any atom is -0.360 e. The Morgan fingerprint density at radius 3 is 3.18 bits per heavy atom. The molecule has 2 heterocycles. The standard InChI is InChI=1S/C12H19N3O2/c1-9-4-3-5-15(7-9)8-12(16)13-11-6-10(2)17-14-11/h6,9H,3-5,7-8H2,1-2H3,(H,13,14,16)/p+1/t9-/m0/s1. The topological polar surface area (TPSA) is 59.6 Å². The number of amides is 1. The molecule has 0 spiro atoms. The van der Waals surface area contributed by atoms with E-state index in [-0.39, 0.29) is 5.91 Å². The molecule has 2 atom stereocenters. The van der Waals surface area contributed by atoms with Gasteiger partial charge in [0.1, 0.15) is 5.76 Å². The Kier molecular flexibility index (Phi) is 3.78. The molecule has 1 aromatic rings. The van der Waals surface area contributed by atoms with Crippen molar-refractivity contribution in [3.05, 3.63) is 11.8 Å². The molecule has 1 aliphatic rings. The number of likely N-dealkylation sites (tertiary alicyclic amines) is 1. The molecule has 94 valence electrons. The van der Waals surface area contributed by atoms with Crippen LogP contribution >= 0.6 is 0 Å². The summed E-state index contributed by atoms with van der Waals surface area (Å²) in [6, 6.07) is 1.73. The summed E-state index contributed by atoms with van der Waals surface area (Å²) in [7, 11) is 0. The first-order valence-corrected chi connectivity index (χ1v) is 6.20. The van der Waals surface area contributed by atoms with Gasteiger partial charge in [-0.3, -0.25) is 4.79 Å². The van der Waals surface area contributed by atoms with Crippen molar-refractivity contribution in [3.8, 4) is 0 Å². The Morgan fingerprint density at radius 2 is 2.53 bits per heavy atom. The fraction of sp³-hybridized carbons (Fsp3) is 0.667. The molecule has 1 aromatic heterocycles. The van der Waals surface area contributed by atoms with Gasteiger partial charge in [0.2, 0.25) is 0 Å². The first-order chi connectivity index (χ1) is 8.13. The average Bonchev–Trinajstić information content (AvgIpc) is 2.63. The lowest BCUT2D eigenvalue weighted by molar-refractivity contribution is -0.900. The molecule has 2 N–H and O–H groups in total. The highest BCUT2D eigenvalue weighted by Gasteiger charge is 2.22. The van der Waals surface area contributed by atoms with E-state index in [0.29, 0.717) is 18.1 Å². The SMILES string of the molecule is Cc1cc(NC(=O)C[NH+]2CCC[C@H](C)C2)no1. The number of hydrogen-bond donors (Lipinski definition) is 2. The van der Waals surface area contributed by atoms with Gasteiger partial charge in [-0.15, -0.1) is 0 Å². The molecule has 0 aromatic carbocycles. The summed E-state index contributed by atoms with van der Waals surface area (Å²) in [4.78, 5) is 13.1. The third-order valence-electron chi connectivity index (χ3n) is 3.17. The maximum Gasteiger partial charge on any atom is 0.280 e. The number of aryl methyl sites for hydroxylation is 1. The second kappa shape index (κ2) is 5.31. The van der Waals surface area contributed by atoms with Crippen molar-refractivity contribution >= 4 is 11.7 Å². The van der Waals surface area contributed by atoms with Crippen LogP contribution in [0.3, 0.4) is 0 Å². The number of carbonyl (C=O) groups is 1. The van der Waals surface area contributed by atoms with Crippen LogP contribution in [0.5, 0.6) is 0 Å². The highest BCUT2D eigenvalue weighted by Crippen LogP contribution is 2.07. The quantitative estimate of drug-likeness (QED) is 0.793. The smallest absolute Gasteiger partial charge is 0.280 e. The summed E-state index contributed by atoms with van der Waals surface area (Å²) < 4.78 is 4.90. The summed E-state index contributed by atoms with van der Waals surface area (Å²) >= 11 is 0. The Bertz CT molecular complexity index is 389. The van der Waals surface area contributed by atoms with Crippen LogP contribution in [0, 0.1) is 12.8 Å². The lowest BCUT2D eigenvalue weighted by Gasteiger charge is -2.27. The van der Waals surface area contributed by atoms with Gasteiger partial charge in [-0.2, -0.15) is 0 Å². The van der Waals surface area contributed by atoms with Crippen LogP contribution in [0.2, 0.25) is 0 Å². The van der Waals surface area contributed by atoms with Crippen molar-refractivity contribution in [1.29, 1.82) is 0 Å². The molecule has 5 heteroatoms. The largest absolute Gasteiger partial charge is 0.360 e. The van der Waals surface area contributed by atoms with Gasteiger partial charge in [0, 0.05) is 12.0 Å². The summed E-state index contributed by atoms with van der Waals surface area (Å²) in [5.41, 5.74) is 0. The van der Waals surface area contributed by atoms with Gasteiger partial charge in [0.15, 0.2) is 12.4 Å². The van der Waals surface area contributed by atoms with E-state index in [0.717, 1.165) is 19.0 Å². The minimum atomic E-state index is 0.0161. The molecule has 17 heavy (non-hydrogen) atoms. The fourth-order valence-corrected chi connectivity index (χ4v) is 2.40. The molecule has 5 nitrogen and oxygen atoms in total. The maximum atomic E-state index is 11.8. The number of piperidine rings is 1. The molecule has 0 saturated carbocycles. The van der Waals surface area contributed by atoms with Crippen molar-refractivity contribution in [1.82, 2.24) is 5.16 Å². The van der Waals surface area contributed by atoms with Crippen molar-refractivity contribution in [2.24, 2.45) is 5.92 Å². The van der Waals surface area contributed by atoms with E-state index >= 15 is 0 Å². The number of aromatic nitrogens is 1. The lowest BCUT2D eigenvalue weighted by atomic mass is 10.0. The number of hydrogen-bond acceptors (Lipinski definition) is 3. The van der Waals surface area contributed by atoms with E-state index in [4.69, 9.17) is 4.52 Å². The molecule has 1 aliphatic heterocycles. The van der Waals surface area contributed by atoms with Gasteiger partial charge in [0.05, 0.1) is 13.1 Å². The summed E-state index contributed by atoms with van der Waals surface area (Å²) in [6.45, 7) is 6.76. The van der Waals surface area contributed by atoms with Gasteiger partial charge in [-0.05, 0) is 19.8 Å². The van der Waals surface area contributed by atoms with E-state index in [1.54, 1.807) is 13.0 Å². The molecule has 0 radical (unpaired) electrons. The van der Waals surface area contributed by atoms with Crippen LogP contribution in [0.1, 0.15) is 25.5 Å². The van der Waals surface area contributed by atoms with Crippen molar-refractivity contribution in [2.45, 2.75) is 26.7 Å². The van der Waals surface area contributed by atoms with E-state index < -0.39 is 0 Å². The predicted octanol–water partition coefficient (Wildman–Crippen LogP) is 0.236. The molecule has 1 saturated heterocycles. The van der Waals surface area contributed by atoms with Gasteiger partial charge in [-0.1, -0.05) is 12.1 Å². The zero-order valence-corrected chi connectivity index (χ0v) is 10.5. The van der Waals surface area contributed by atoms with E-state index in [9.17, 15) is 4.79 Å². The van der Waals surface area contributed by atoms with Crippen LogP contribution in [-0.2, 0) is 4.79 Å². The highest BCUT2D eigenvalue weighted by molar-refractivity contribution is 5.90. The second-order valence-corrected chi connectivity index (χ2v) is 5.00. The zero-order valence-electron chi connectivity index (χ0n) is 10.5. The van der Waals surface area contributed by atoms with Crippen molar-refractivity contribution in [3.63, 3.8) is 0 Å². The lowest BCUT2D eigenvalue weighted by Crippen LogP contribution is -3.14. The van der Waals surface area contributed by atoms with Crippen LogP contribution in [-0.4, -0.2) is 30.7 Å². The normalized spacial score (nSPS) is 24.6. The number of quaternary nitrogens is 1. The minimum absolute atomic E-state index is 0.0161. The molecule has 0 aliphatic carbocycles. The highest BCUT2D eigenvalue weighted by atomic mass is 16.5. The van der Waals surface area contributed by atoms with Crippen LogP contribution in [0.15, 0.2) is 10.6 Å². The van der Waals surface area contributed by atoms with E-state index in [1.165, 1.54) is 17.7 Å². The molecule has 1 amide bonds. The Morgan fingerprint density at radius 1 is 1.71 bits per heavy atom. The Labute approximate surface area is 101 Å². The van der Waals surface area contributed by atoms with Gasteiger partial charge < -0.3 is 14.7 Å². The van der Waals surface area contributed by atoms with Crippen LogP contribution in [0.25, 0.3) is 0 Å². The number of anilines is 1. The van der Waals surface area contributed by atoms with Crippen molar-refractivity contribution in [2.75, 3.05) is 25.0 Å². The maximum absolute atomic E-state index is 11.8. The molecule has 2 rings (SSSR count). The Balaban J connectivity index is 1.80. The monoisotopic (exact) mass is 238 g/mol. The van der Waals surface area contributed by atoms with E-state index in [2.05, 4.69) is 17.4 Å². The van der Waals surface area contributed by atoms with Gasteiger partial charge >= 0.3 is 0 Å². The van der Waals surface area contributed by atoms with Crippen molar-refractivity contribution < 1.29 is 14.2 Å². The third-order valence-corrected chi connectivity index (χ3v) is 3.17. The average molecular weight is 238 g/mol. The first-order valence-electron chi connectivity index (χ1n) is 6.20. The number of nitrogens with zero attached hydrogens (tertiary/aromatic N) is 1. The Hall–Kier alpha value is -1.36. The zero-order chi connectivity index (χ0) is 12.3. The third kappa shape index (κ3) is 3.56. The number of carbonyl (C=O) groups excluding carboxylic acids is 1.